The van der Waals surface area contributed by atoms with E-state index in [1.165, 1.54) is 10.5 Å². The smallest absolute Gasteiger partial charge is 0.0643 e. The Morgan fingerprint density at radius 2 is 2.07 bits per heavy atom. The van der Waals surface area contributed by atoms with E-state index in [2.05, 4.69) is 35.8 Å². The van der Waals surface area contributed by atoms with Gasteiger partial charge in [0.2, 0.25) is 0 Å². The molecule has 0 aliphatic carbocycles. The Labute approximate surface area is 89.0 Å². The molecule has 0 unspecified atom stereocenters. The van der Waals surface area contributed by atoms with Crippen LogP contribution >= 0.6 is 11.8 Å². The zero-order valence-electron chi connectivity index (χ0n) is 8.32. The van der Waals surface area contributed by atoms with Gasteiger partial charge in [-0.25, -0.2) is 0 Å². The van der Waals surface area contributed by atoms with E-state index in [1.54, 1.807) is 11.8 Å². The molecule has 2 nitrogen and oxygen atoms in total. The summed E-state index contributed by atoms with van der Waals surface area (Å²) in [7, 11) is 0. The third-order valence-electron chi connectivity index (χ3n) is 2.39. The molecule has 1 heterocycles. The first-order valence-electron chi connectivity index (χ1n) is 4.82. The minimum Gasteiger partial charge on any atom is -0.378 e. The third kappa shape index (κ3) is 2.50. The van der Waals surface area contributed by atoms with Crippen LogP contribution in [0.1, 0.15) is 5.56 Å². The van der Waals surface area contributed by atoms with E-state index < -0.39 is 0 Å². The van der Waals surface area contributed by atoms with Crippen molar-refractivity contribution >= 4 is 11.8 Å². The standard InChI is InChI=1S/C11H15NOS/c1-14-11-4-2-9(3-5-11)6-12-10-7-13-8-10/h2-5,10,12H,6-8H2,1H3. The number of hydrogen-bond donors (Lipinski definition) is 1. The summed E-state index contributed by atoms with van der Waals surface area (Å²) >= 11 is 1.78. The highest BCUT2D eigenvalue weighted by Crippen LogP contribution is 2.14. The monoisotopic (exact) mass is 209 g/mol. The van der Waals surface area contributed by atoms with Gasteiger partial charge in [-0.2, -0.15) is 0 Å². The Bertz CT molecular complexity index is 282. The van der Waals surface area contributed by atoms with Gasteiger partial charge in [-0.15, -0.1) is 11.8 Å². The summed E-state index contributed by atoms with van der Waals surface area (Å²) in [6.07, 6.45) is 2.10. The molecule has 0 spiro atoms. The van der Waals surface area contributed by atoms with E-state index in [1.807, 2.05) is 0 Å². The zero-order valence-corrected chi connectivity index (χ0v) is 9.14. The molecular formula is C11H15NOS. The molecule has 3 heteroatoms. The van der Waals surface area contributed by atoms with E-state index in [4.69, 9.17) is 4.74 Å². The topological polar surface area (TPSA) is 21.3 Å². The molecule has 1 aliphatic rings. The van der Waals surface area contributed by atoms with Crippen LogP contribution in [-0.4, -0.2) is 25.5 Å². The van der Waals surface area contributed by atoms with Crippen molar-refractivity contribution in [2.45, 2.75) is 17.5 Å². The van der Waals surface area contributed by atoms with Crippen LogP contribution in [0.5, 0.6) is 0 Å². The van der Waals surface area contributed by atoms with Crippen molar-refractivity contribution in [1.82, 2.24) is 5.32 Å². The third-order valence-corrected chi connectivity index (χ3v) is 3.14. The summed E-state index contributed by atoms with van der Waals surface area (Å²) in [6.45, 7) is 2.68. The van der Waals surface area contributed by atoms with Crippen molar-refractivity contribution in [3.8, 4) is 0 Å². The van der Waals surface area contributed by atoms with Gasteiger partial charge in [0.1, 0.15) is 0 Å². The zero-order chi connectivity index (χ0) is 9.80. The summed E-state index contributed by atoms with van der Waals surface area (Å²) in [5, 5.41) is 3.44. The van der Waals surface area contributed by atoms with Crippen LogP contribution in [-0.2, 0) is 11.3 Å². The average Bonchev–Trinajstić information content (AvgIpc) is 2.16. The molecule has 1 aromatic carbocycles. The number of hydrogen-bond acceptors (Lipinski definition) is 3. The Morgan fingerprint density at radius 1 is 1.36 bits per heavy atom. The van der Waals surface area contributed by atoms with Crippen molar-refractivity contribution in [2.24, 2.45) is 0 Å². The average molecular weight is 209 g/mol. The normalized spacial score (nSPS) is 16.6. The van der Waals surface area contributed by atoms with Crippen LogP contribution in [0, 0.1) is 0 Å². The molecule has 1 fully saturated rings. The quantitative estimate of drug-likeness (QED) is 0.765. The van der Waals surface area contributed by atoms with E-state index in [-0.39, 0.29) is 0 Å². The maximum Gasteiger partial charge on any atom is 0.0643 e. The van der Waals surface area contributed by atoms with Gasteiger partial charge in [0, 0.05) is 11.4 Å². The van der Waals surface area contributed by atoms with E-state index in [0.717, 1.165) is 19.8 Å². The summed E-state index contributed by atoms with van der Waals surface area (Å²) in [6, 6.07) is 9.25. The van der Waals surface area contributed by atoms with E-state index in [0.29, 0.717) is 6.04 Å². The largest absolute Gasteiger partial charge is 0.378 e. The fourth-order valence-corrected chi connectivity index (χ4v) is 1.77. The molecular weight excluding hydrogens is 194 g/mol. The highest BCUT2D eigenvalue weighted by molar-refractivity contribution is 7.98. The van der Waals surface area contributed by atoms with Crippen LogP contribution in [0.2, 0.25) is 0 Å². The van der Waals surface area contributed by atoms with Gasteiger partial charge in [0.05, 0.1) is 19.3 Å². The number of rotatable bonds is 4. The van der Waals surface area contributed by atoms with Crippen LogP contribution in [0.25, 0.3) is 0 Å². The van der Waals surface area contributed by atoms with E-state index >= 15 is 0 Å². The second-order valence-corrected chi connectivity index (χ2v) is 4.34. The van der Waals surface area contributed by atoms with Crippen molar-refractivity contribution < 1.29 is 4.74 Å². The summed E-state index contributed by atoms with van der Waals surface area (Å²) < 4.78 is 5.09. The van der Waals surface area contributed by atoms with Crippen molar-refractivity contribution in [1.29, 1.82) is 0 Å². The summed E-state index contributed by atoms with van der Waals surface area (Å²) in [5.74, 6) is 0. The maximum absolute atomic E-state index is 5.09. The van der Waals surface area contributed by atoms with Gasteiger partial charge >= 0.3 is 0 Å². The molecule has 0 atom stereocenters. The van der Waals surface area contributed by atoms with Crippen LogP contribution in [0.3, 0.4) is 0 Å². The highest BCUT2D eigenvalue weighted by Gasteiger charge is 2.16. The van der Waals surface area contributed by atoms with Gasteiger partial charge in [-0.05, 0) is 24.0 Å². The molecule has 0 amide bonds. The molecule has 0 bridgehead atoms. The van der Waals surface area contributed by atoms with Crippen molar-refractivity contribution in [2.75, 3.05) is 19.5 Å². The van der Waals surface area contributed by atoms with E-state index in [9.17, 15) is 0 Å². The summed E-state index contributed by atoms with van der Waals surface area (Å²) in [4.78, 5) is 1.32. The second kappa shape index (κ2) is 4.82. The van der Waals surface area contributed by atoms with Gasteiger partial charge in [0.25, 0.3) is 0 Å². The SMILES string of the molecule is CSc1ccc(CNC2COC2)cc1. The molecule has 14 heavy (non-hydrogen) atoms. The first-order chi connectivity index (χ1) is 6.88. The Balaban J connectivity index is 1.83. The molecule has 1 aliphatic heterocycles. The number of nitrogens with one attached hydrogen (secondary N) is 1. The van der Waals surface area contributed by atoms with Crippen LogP contribution in [0.4, 0.5) is 0 Å². The molecule has 0 radical (unpaired) electrons. The molecule has 1 N–H and O–H groups in total. The highest BCUT2D eigenvalue weighted by atomic mass is 32.2. The Hall–Kier alpha value is -0.510. The maximum atomic E-state index is 5.09. The van der Waals surface area contributed by atoms with Crippen LogP contribution in [0.15, 0.2) is 29.2 Å². The predicted octanol–water partition coefficient (Wildman–Crippen LogP) is 1.90. The fourth-order valence-electron chi connectivity index (χ4n) is 1.36. The lowest BCUT2D eigenvalue weighted by atomic mass is 10.2. The van der Waals surface area contributed by atoms with Gasteiger partial charge in [-0.1, -0.05) is 12.1 Å². The molecule has 1 aromatic rings. The Morgan fingerprint density at radius 3 is 2.57 bits per heavy atom. The number of thioether (sulfide) groups is 1. The summed E-state index contributed by atoms with van der Waals surface area (Å²) in [5.41, 5.74) is 1.34. The lowest BCUT2D eigenvalue weighted by Crippen LogP contribution is -2.45. The molecule has 76 valence electrons. The second-order valence-electron chi connectivity index (χ2n) is 3.46. The molecule has 1 saturated heterocycles. The Kier molecular flexibility index (Phi) is 3.45. The van der Waals surface area contributed by atoms with Crippen molar-refractivity contribution in [3.63, 3.8) is 0 Å². The first kappa shape index (κ1) is 10.0. The van der Waals surface area contributed by atoms with Gasteiger partial charge in [0.15, 0.2) is 0 Å². The molecule has 0 aromatic heterocycles. The van der Waals surface area contributed by atoms with Crippen molar-refractivity contribution in [3.05, 3.63) is 29.8 Å². The first-order valence-corrected chi connectivity index (χ1v) is 6.05. The van der Waals surface area contributed by atoms with Crippen LogP contribution < -0.4 is 5.32 Å². The number of benzene rings is 1. The minimum absolute atomic E-state index is 0.565. The lowest BCUT2D eigenvalue weighted by Gasteiger charge is -2.27. The minimum atomic E-state index is 0.565. The van der Waals surface area contributed by atoms with Gasteiger partial charge in [-0.3, -0.25) is 0 Å². The predicted molar refractivity (Wildman–Crippen MR) is 59.7 cm³/mol. The molecule has 0 saturated carbocycles. The number of ether oxygens (including phenoxy) is 1. The lowest BCUT2D eigenvalue weighted by molar-refractivity contribution is -0.00578. The fraction of sp³-hybridized carbons (Fsp3) is 0.455. The molecule has 2 rings (SSSR count). The van der Waals surface area contributed by atoms with Gasteiger partial charge < -0.3 is 10.1 Å².